The number of hydrogen-bond donors (Lipinski definition) is 0. The Morgan fingerprint density at radius 1 is 0.423 bits per heavy atom. The monoisotopic (exact) mass is 2500 g/mol. The number of ether oxygens (including phenoxy) is 4. The first-order chi connectivity index (χ1) is 62.3. The molecule has 0 fully saturated rings. The molecule has 0 N–H and O–H groups in total. The number of carbonyl (C=O) groups is 1. The molecule has 0 aliphatic carbocycles. The van der Waals surface area contributed by atoms with Gasteiger partial charge >= 0.3 is 0 Å². The number of carbonyl (C=O) groups excluding carboxylic acids is 1. The zero-order valence-corrected chi connectivity index (χ0v) is 85.7. The van der Waals surface area contributed by atoms with Gasteiger partial charge in [-0.15, -0.1) is 10.2 Å². The summed E-state index contributed by atoms with van der Waals surface area (Å²) in [7, 11) is 5.49. The molecule has 6 aromatic carbocycles. The highest BCUT2D eigenvalue weighted by Gasteiger charge is 2.22. The number of benzene rings is 6. The summed E-state index contributed by atoms with van der Waals surface area (Å²) >= 11 is 17.1. The van der Waals surface area contributed by atoms with Crippen molar-refractivity contribution < 1.29 is 23.7 Å². The summed E-state index contributed by atoms with van der Waals surface area (Å²) < 4.78 is 39.4. The second-order valence-corrected chi connectivity index (χ2v) is 50.0. The highest BCUT2D eigenvalue weighted by Crippen LogP contribution is 2.27. The quantitative estimate of drug-likeness (QED) is 0.0388. The fourth-order valence-corrected chi connectivity index (χ4v) is 13.3. The van der Waals surface area contributed by atoms with Crippen molar-refractivity contribution in [2.24, 2.45) is 14.1 Å². The maximum atomic E-state index is 12.3. The fourth-order valence-electron chi connectivity index (χ4n) is 12.1. The summed E-state index contributed by atoms with van der Waals surface area (Å²) in [6, 6.07) is 54.6. The number of alkyl halides is 6. The van der Waals surface area contributed by atoms with E-state index in [1.165, 1.54) is 31.6 Å². The first-order valence-electron chi connectivity index (χ1n) is 38.9. The van der Waals surface area contributed by atoms with Crippen LogP contribution in [-0.2, 0) is 40.5 Å². The minimum absolute atomic E-state index is 0. The molecule has 1 amide bonds. The molecule has 18 rings (SSSR count). The van der Waals surface area contributed by atoms with Gasteiger partial charge in [0.05, 0.1) is 102 Å². The van der Waals surface area contributed by atoms with Gasteiger partial charge in [-0.3, -0.25) is 53.3 Å². The molecule has 40 heteroatoms. The summed E-state index contributed by atoms with van der Waals surface area (Å²) in [5.74, 6) is 2.42. The molecule has 0 aliphatic rings. The topological polar surface area (TPSA) is 345 Å². The molecule has 0 unspecified atom stereocenters. The van der Waals surface area contributed by atoms with Crippen molar-refractivity contribution in [3.05, 3.63) is 349 Å². The molecule has 130 heavy (non-hydrogen) atoms. The van der Waals surface area contributed by atoms with Gasteiger partial charge in [0.1, 0.15) is 91.6 Å². The maximum Gasteiger partial charge on any atom is 0.253 e. The smallest absolute Gasteiger partial charge is 0.253 e. The third-order valence-corrected chi connectivity index (χ3v) is 20.7. The van der Waals surface area contributed by atoms with Crippen LogP contribution in [0.4, 0.5) is 0 Å². The van der Waals surface area contributed by atoms with Crippen molar-refractivity contribution in [3.8, 4) is 57.1 Å². The van der Waals surface area contributed by atoms with E-state index in [-0.39, 0.29) is 67.2 Å². The number of aromatic nitrogens is 22. The van der Waals surface area contributed by atoms with Crippen LogP contribution in [0.1, 0.15) is 40.6 Å². The van der Waals surface area contributed by atoms with Crippen LogP contribution in [0.5, 0.6) is 23.0 Å². The number of pyridine rings is 4. The number of rotatable bonds is 20. The van der Waals surface area contributed by atoms with E-state index in [1.807, 2.05) is 177 Å². The SMILES string of the molecule is C.CI.CN(C)C(=O)c1cccc(-n2ccc(=O)c(COc3ccc4ncccc4c3)n2)c1.Cn1cc(-n2ccc(=O)c(COc3ccc4ncc(-n5cc([Si](C)(C)C)nn5)cc4c3)n2)cn1.Cn1cc(-n2ccc(=O)c(COc3ccc4ncc(-n5ccnn5)cc4c3)n2)cn1.IC(I)I.ICI.O=c1ccn(-c2cccc(Br)c2)nc1COc1ccc2ncccc2c1. The van der Waals surface area contributed by atoms with Gasteiger partial charge in [0.15, 0.2) is 0 Å². The van der Waals surface area contributed by atoms with Crippen molar-refractivity contribution in [3.63, 3.8) is 0 Å². The molecule has 0 saturated heterocycles. The van der Waals surface area contributed by atoms with E-state index < -0.39 is 8.07 Å². The van der Waals surface area contributed by atoms with Gasteiger partial charge in [0.25, 0.3) is 5.91 Å². The predicted molar refractivity (Wildman–Crippen MR) is 561 cm³/mol. The second kappa shape index (κ2) is 48.2. The van der Waals surface area contributed by atoms with Gasteiger partial charge in [0, 0.05) is 127 Å². The Morgan fingerprint density at radius 3 is 1.18 bits per heavy atom. The molecule has 18 aromatic rings. The lowest BCUT2D eigenvalue weighted by molar-refractivity contribution is 0.0827. The molecule has 0 bridgehead atoms. The zero-order valence-electron chi connectivity index (χ0n) is 70.2. The van der Waals surface area contributed by atoms with Crippen LogP contribution < -0.4 is 46.0 Å². The van der Waals surface area contributed by atoms with Crippen LogP contribution in [0, 0.1) is 0 Å². The number of hydrogen-bond acceptors (Lipinski definition) is 23. The Bertz CT molecular complexity index is 7130. The lowest BCUT2D eigenvalue weighted by atomic mass is 10.2. The lowest BCUT2D eigenvalue weighted by Gasteiger charge is -2.12. The molecule has 12 aromatic heterocycles. The second-order valence-electron chi connectivity index (χ2n) is 28.7. The number of halogens is 7. The fraction of sp³-hybridized carbons (Fsp3) is 0.167. The summed E-state index contributed by atoms with van der Waals surface area (Å²) in [6.07, 6.45) is 25.7. The first kappa shape index (κ1) is 99.5. The molecule has 0 spiro atoms. The van der Waals surface area contributed by atoms with Gasteiger partial charge in [-0.05, 0) is 138 Å². The van der Waals surface area contributed by atoms with Crippen LogP contribution in [0.15, 0.2) is 299 Å². The molecule has 32 nitrogen and oxygen atoms in total. The summed E-state index contributed by atoms with van der Waals surface area (Å²) in [6.45, 7) is 6.91. The van der Waals surface area contributed by atoms with E-state index in [9.17, 15) is 24.0 Å². The average molecular weight is 2500 g/mol. The van der Waals surface area contributed by atoms with Crippen molar-refractivity contribution in [1.29, 1.82) is 0 Å². The predicted octanol–water partition coefficient (Wildman–Crippen LogP) is 17.2. The van der Waals surface area contributed by atoms with Gasteiger partial charge in [-0.1, -0.05) is 213 Å². The van der Waals surface area contributed by atoms with Crippen molar-refractivity contribution in [2.45, 2.75) is 53.4 Å². The van der Waals surface area contributed by atoms with E-state index in [4.69, 9.17) is 18.9 Å². The Labute approximate surface area is 837 Å². The zero-order chi connectivity index (χ0) is 91.7. The molecule has 666 valence electrons. The van der Waals surface area contributed by atoms with Crippen molar-refractivity contribution in [1.82, 2.24) is 114 Å². The Morgan fingerprint density at radius 2 is 0.808 bits per heavy atom. The number of aryl methyl sites for hydroxylation is 2. The standard InChI is InChI=1S/C23H24N8O2Si.C23H20N4O3.C20H14BrN3O2.C20H16N8O2.CHI3.CH2I2.CH3I.CH4/c1-29-13-18(12-25-29)30-8-7-22(32)21(27-30)15-33-19-5-6-20-16(10-19)9-17(11-24-20)31-14-23(26-28-31)34(2,3)4;1-26(2)23(29)17-5-3-7-18(13-17)27-12-10-22(28)21(25-27)15-30-19-8-9-20-16(14-19)6-4-11-24-20;21-15-4-1-5-16(12-15)24-10-8-20(25)19(23-24)13-26-17-6-7-18-14(11-17)3-2-9-22-18;1-26-12-16(11-23-26)27-6-4-20(29)19(24-27)13-30-17-2-3-18-14(9-17)8-15(10-21-18)28-7-5-22-25-28;2-1(3)4;2-1-3;1-2;/h5-14H,15H2,1-4H3;3-14H,15H2,1-2H3;1-12H,13H2;2-12H,13H2,1H3;1H;1H2;1H3;1H4. The van der Waals surface area contributed by atoms with E-state index in [0.29, 0.717) is 51.3 Å². The molecular weight excluding hydrogens is 2420 g/mol. The highest BCUT2D eigenvalue weighted by atomic mass is 127. The van der Waals surface area contributed by atoms with Gasteiger partial charge < -0.3 is 23.8 Å². The Balaban J connectivity index is 0.000000162. The minimum Gasteiger partial charge on any atom is -0.487 e. The third-order valence-electron chi connectivity index (χ3n) is 18.4. The molecule has 0 saturated carbocycles. The molecule has 0 atom stereocenters. The first-order valence-corrected chi connectivity index (χ1v) is 52.1. The van der Waals surface area contributed by atoms with Crippen LogP contribution >= 0.6 is 151 Å². The normalized spacial score (nSPS) is 10.7. The Hall–Kier alpha value is -11.1. The van der Waals surface area contributed by atoms with Gasteiger partial charge in [-0.2, -0.15) is 30.6 Å². The highest BCUT2D eigenvalue weighted by molar-refractivity contribution is 14.3. The molecular formula is C90H84BrI6N23O9Si. The van der Waals surface area contributed by atoms with Crippen LogP contribution in [-0.4, -0.2) is 149 Å². The molecule has 12 heterocycles. The van der Waals surface area contributed by atoms with Crippen LogP contribution in [0.2, 0.25) is 19.6 Å². The van der Waals surface area contributed by atoms with E-state index >= 15 is 0 Å². The molecule has 0 aliphatic heterocycles. The molecule has 0 radical (unpaired) electrons. The number of fused-ring (bicyclic) bond motifs is 4. The Kier molecular flexibility index (Phi) is 36.9. The third kappa shape index (κ3) is 28.0. The van der Waals surface area contributed by atoms with Gasteiger partial charge in [-0.25, -0.2) is 28.1 Å². The largest absolute Gasteiger partial charge is 0.487 e. The van der Waals surface area contributed by atoms with E-state index in [0.717, 1.165) is 81.8 Å². The van der Waals surface area contributed by atoms with Crippen molar-refractivity contribution in [2.75, 3.05) is 21.5 Å². The summed E-state index contributed by atoms with van der Waals surface area (Å²) in [4.78, 5) is 82.2. The van der Waals surface area contributed by atoms with Crippen LogP contribution in [0.3, 0.4) is 0 Å². The maximum absolute atomic E-state index is 12.3. The van der Waals surface area contributed by atoms with Gasteiger partial charge in [0.2, 0.25) is 21.7 Å². The van der Waals surface area contributed by atoms with E-state index in [2.05, 4.69) is 242 Å². The minimum atomic E-state index is -1.55. The van der Waals surface area contributed by atoms with Crippen molar-refractivity contribution >= 4 is 214 Å². The van der Waals surface area contributed by atoms with E-state index in [1.54, 1.807) is 144 Å². The average Bonchev–Trinajstić information content (AvgIpc) is 1.63. The lowest BCUT2D eigenvalue weighted by Crippen LogP contribution is -2.38. The number of nitrogens with zero attached hydrogens (tertiary/aromatic N) is 23. The number of amides is 1. The summed E-state index contributed by atoms with van der Waals surface area (Å²) in [5, 5.41) is 47.0. The van der Waals surface area contributed by atoms with Crippen LogP contribution in [0.25, 0.3) is 77.7 Å². The summed E-state index contributed by atoms with van der Waals surface area (Å²) in [5.41, 5.74) is 9.13.